The number of carbonyl (C=O) groups is 3. The molecule has 0 spiro atoms. The number of thiazole rings is 1. The highest BCUT2D eigenvalue weighted by Gasteiger charge is 2.21. The molecule has 8 nitrogen and oxygen atoms in total. The van der Waals surface area contributed by atoms with Gasteiger partial charge >= 0.3 is 12.1 Å². The number of aromatic nitrogens is 1. The SMILES string of the molecule is COC(=O)c1nc(NCCOC(N)=O)sc1C(C)=O. The predicted molar refractivity (Wildman–Crippen MR) is 67.5 cm³/mol. The third-order valence-corrected chi connectivity index (χ3v) is 3.06. The molecule has 0 saturated heterocycles. The minimum atomic E-state index is -0.874. The van der Waals surface area contributed by atoms with E-state index in [-0.39, 0.29) is 29.5 Å². The fourth-order valence-electron chi connectivity index (χ4n) is 1.18. The first kappa shape index (κ1) is 14.9. The zero-order chi connectivity index (χ0) is 14.4. The van der Waals surface area contributed by atoms with Crippen LogP contribution in [0.1, 0.15) is 27.1 Å². The van der Waals surface area contributed by atoms with E-state index in [0.29, 0.717) is 5.13 Å². The number of rotatable bonds is 6. The summed E-state index contributed by atoms with van der Waals surface area (Å²) in [7, 11) is 1.21. The summed E-state index contributed by atoms with van der Waals surface area (Å²) in [6.45, 7) is 1.65. The van der Waals surface area contributed by atoms with Crippen LogP contribution in [0.25, 0.3) is 0 Å². The molecule has 3 N–H and O–H groups in total. The Kier molecular flexibility index (Phi) is 5.24. The Morgan fingerprint density at radius 1 is 1.42 bits per heavy atom. The second kappa shape index (κ2) is 6.69. The van der Waals surface area contributed by atoms with Crippen LogP contribution < -0.4 is 11.1 Å². The van der Waals surface area contributed by atoms with Crippen molar-refractivity contribution in [3.63, 3.8) is 0 Å². The number of anilines is 1. The van der Waals surface area contributed by atoms with Crippen molar-refractivity contribution < 1.29 is 23.9 Å². The quantitative estimate of drug-likeness (QED) is 0.447. The van der Waals surface area contributed by atoms with Crippen LogP contribution in [0.3, 0.4) is 0 Å². The van der Waals surface area contributed by atoms with E-state index in [1.807, 2.05) is 0 Å². The van der Waals surface area contributed by atoms with E-state index in [2.05, 4.69) is 19.8 Å². The van der Waals surface area contributed by atoms with E-state index in [4.69, 9.17) is 5.73 Å². The van der Waals surface area contributed by atoms with Gasteiger partial charge in [0.15, 0.2) is 16.6 Å². The van der Waals surface area contributed by atoms with Crippen LogP contribution in [-0.4, -0.2) is 43.1 Å². The number of Topliss-reactive ketones (excluding diaryl/α,β-unsaturated/α-hetero) is 1. The third kappa shape index (κ3) is 4.21. The minimum absolute atomic E-state index is 0.0293. The molecule has 9 heteroatoms. The zero-order valence-electron chi connectivity index (χ0n) is 10.4. The lowest BCUT2D eigenvalue weighted by molar-refractivity contribution is 0.0591. The standard InChI is InChI=1S/C10H13N3O5S/c1-5(14)7-6(8(15)17-2)13-10(19-7)12-3-4-18-9(11)16/h3-4H2,1-2H3,(H2,11,16)(H,12,13). The maximum Gasteiger partial charge on any atom is 0.404 e. The van der Waals surface area contributed by atoms with Gasteiger partial charge in [-0.15, -0.1) is 0 Å². The molecule has 0 saturated carbocycles. The lowest BCUT2D eigenvalue weighted by Gasteiger charge is -2.01. The summed E-state index contributed by atoms with van der Waals surface area (Å²) in [6, 6.07) is 0. The summed E-state index contributed by atoms with van der Waals surface area (Å²) in [5.41, 5.74) is 4.76. The molecule has 0 fully saturated rings. The summed E-state index contributed by atoms with van der Waals surface area (Å²) in [6.07, 6.45) is -0.874. The number of carbonyl (C=O) groups excluding carboxylic acids is 3. The van der Waals surface area contributed by atoms with E-state index in [1.54, 1.807) is 0 Å². The Labute approximate surface area is 112 Å². The Morgan fingerprint density at radius 2 is 2.11 bits per heavy atom. The van der Waals surface area contributed by atoms with Crippen LogP contribution in [0.5, 0.6) is 0 Å². The monoisotopic (exact) mass is 287 g/mol. The Hall–Kier alpha value is -2.16. The van der Waals surface area contributed by atoms with Crippen molar-refractivity contribution in [3.8, 4) is 0 Å². The molecule has 104 valence electrons. The lowest BCUT2D eigenvalue weighted by atomic mass is 10.3. The highest BCUT2D eigenvalue weighted by atomic mass is 32.1. The topological polar surface area (TPSA) is 121 Å². The van der Waals surface area contributed by atoms with E-state index in [0.717, 1.165) is 11.3 Å². The molecule has 0 aliphatic heterocycles. The molecule has 1 heterocycles. The van der Waals surface area contributed by atoms with Crippen LogP contribution >= 0.6 is 11.3 Å². The normalized spacial score (nSPS) is 9.79. The average Bonchev–Trinajstić information content (AvgIpc) is 2.77. The molecule has 0 aromatic carbocycles. The molecule has 1 amide bonds. The van der Waals surface area contributed by atoms with E-state index in [9.17, 15) is 14.4 Å². The number of nitrogens with one attached hydrogen (secondary N) is 1. The van der Waals surface area contributed by atoms with Crippen LogP contribution in [0, 0.1) is 0 Å². The number of esters is 1. The molecule has 19 heavy (non-hydrogen) atoms. The first-order chi connectivity index (χ1) is 8.95. The lowest BCUT2D eigenvalue weighted by Crippen LogP contribution is -2.18. The average molecular weight is 287 g/mol. The molecular weight excluding hydrogens is 274 g/mol. The zero-order valence-corrected chi connectivity index (χ0v) is 11.2. The van der Waals surface area contributed by atoms with Crippen molar-refractivity contribution in [1.82, 2.24) is 4.98 Å². The first-order valence-corrected chi connectivity index (χ1v) is 6.03. The summed E-state index contributed by atoms with van der Waals surface area (Å²) in [4.78, 5) is 37.3. The number of hydrogen-bond acceptors (Lipinski definition) is 8. The molecule has 0 atom stereocenters. The van der Waals surface area contributed by atoms with Crippen LogP contribution in [0.2, 0.25) is 0 Å². The second-order valence-electron chi connectivity index (χ2n) is 3.34. The minimum Gasteiger partial charge on any atom is -0.464 e. The number of ether oxygens (including phenoxy) is 2. The molecule has 0 bridgehead atoms. The van der Waals surface area contributed by atoms with Gasteiger partial charge in [-0.3, -0.25) is 4.79 Å². The van der Waals surface area contributed by atoms with E-state index >= 15 is 0 Å². The van der Waals surface area contributed by atoms with Gasteiger partial charge in [-0.05, 0) is 0 Å². The molecule has 1 rings (SSSR count). The number of nitrogens with zero attached hydrogens (tertiary/aromatic N) is 1. The van der Waals surface area contributed by atoms with Gasteiger partial charge in [-0.25, -0.2) is 14.6 Å². The Morgan fingerprint density at radius 3 is 2.63 bits per heavy atom. The molecule has 1 aromatic heterocycles. The van der Waals surface area contributed by atoms with Crippen molar-refractivity contribution in [2.24, 2.45) is 5.73 Å². The van der Waals surface area contributed by atoms with Crippen LogP contribution in [-0.2, 0) is 9.47 Å². The summed E-state index contributed by atoms with van der Waals surface area (Å²) in [5, 5.41) is 3.17. The van der Waals surface area contributed by atoms with Gasteiger partial charge in [0.1, 0.15) is 11.5 Å². The number of primary amides is 1. The van der Waals surface area contributed by atoms with Gasteiger partial charge in [0, 0.05) is 6.92 Å². The summed E-state index contributed by atoms with van der Waals surface area (Å²) in [5.74, 6) is -0.956. The molecule has 0 aliphatic rings. The van der Waals surface area contributed by atoms with Gasteiger partial charge in [0.2, 0.25) is 0 Å². The number of amides is 1. The molecule has 0 radical (unpaired) electrons. The maximum atomic E-state index is 11.4. The fraction of sp³-hybridized carbons (Fsp3) is 0.400. The number of hydrogen-bond donors (Lipinski definition) is 2. The Bertz CT molecular complexity index is 499. The van der Waals surface area contributed by atoms with Gasteiger partial charge in [0.25, 0.3) is 0 Å². The number of ketones is 1. The van der Waals surface area contributed by atoms with Gasteiger partial charge in [-0.1, -0.05) is 11.3 Å². The maximum absolute atomic E-state index is 11.4. The molecule has 0 aliphatic carbocycles. The smallest absolute Gasteiger partial charge is 0.404 e. The Balaban J connectivity index is 2.72. The van der Waals surface area contributed by atoms with Gasteiger partial charge in [0.05, 0.1) is 13.7 Å². The van der Waals surface area contributed by atoms with Crippen molar-refractivity contribution in [2.45, 2.75) is 6.92 Å². The molecule has 0 unspecified atom stereocenters. The predicted octanol–water partition coefficient (Wildman–Crippen LogP) is 0.640. The van der Waals surface area contributed by atoms with Crippen molar-refractivity contribution in [3.05, 3.63) is 10.6 Å². The summed E-state index contributed by atoms with van der Waals surface area (Å²) >= 11 is 1.03. The fourth-order valence-corrected chi connectivity index (χ4v) is 2.05. The van der Waals surface area contributed by atoms with E-state index < -0.39 is 12.1 Å². The number of methoxy groups -OCH3 is 1. The van der Waals surface area contributed by atoms with Crippen molar-refractivity contribution in [1.29, 1.82) is 0 Å². The van der Waals surface area contributed by atoms with Gasteiger partial charge in [-0.2, -0.15) is 0 Å². The van der Waals surface area contributed by atoms with Crippen molar-refractivity contribution >= 4 is 34.3 Å². The number of nitrogens with two attached hydrogens (primary N) is 1. The molecular formula is C10H13N3O5S. The summed E-state index contributed by atoms with van der Waals surface area (Å²) < 4.78 is 9.05. The highest BCUT2D eigenvalue weighted by Crippen LogP contribution is 2.24. The second-order valence-corrected chi connectivity index (χ2v) is 4.34. The third-order valence-electron chi connectivity index (χ3n) is 1.95. The van der Waals surface area contributed by atoms with Gasteiger partial charge < -0.3 is 20.5 Å². The first-order valence-electron chi connectivity index (χ1n) is 5.22. The van der Waals surface area contributed by atoms with E-state index in [1.165, 1.54) is 14.0 Å². The van der Waals surface area contributed by atoms with Crippen molar-refractivity contribution in [2.75, 3.05) is 25.6 Å². The van der Waals surface area contributed by atoms with Crippen LogP contribution in [0.15, 0.2) is 0 Å². The highest BCUT2D eigenvalue weighted by molar-refractivity contribution is 7.17. The largest absolute Gasteiger partial charge is 0.464 e. The molecule has 1 aromatic rings. The van der Waals surface area contributed by atoms with Crippen LogP contribution in [0.4, 0.5) is 9.93 Å².